The Balaban J connectivity index is 3.98. The Hall–Kier alpha value is -0.0800. The molecule has 0 aromatic heterocycles. The van der Waals surface area contributed by atoms with Crippen LogP contribution in [0.3, 0.4) is 0 Å². The van der Waals surface area contributed by atoms with Crippen LogP contribution in [0.2, 0.25) is 0 Å². The fourth-order valence-electron chi connectivity index (χ4n) is 2.07. The van der Waals surface area contributed by atoms with E-state index in [4.69, 9.17) is 4.74 Å². The first kappa shape index (κ1) is 18.9. The van der Waals surface area contributed by atoms with Gasteiger partial charge in [-0.1, -0.05) is 46.5 Å². The number of nitrogens with one attached hydrogen (secondary N) is 1. The van der Waals surface area contributed by atoms with Gasteiger partial charge >= 0.3 is 0 Å². The van der Waals surface area contributed by atoms with Crippen molar-refractivity contribution < 1.29 is 4.74 Å². The van der Waals surface area contributed by atoms with E-state index in [1.807, 2.05) is 0 Å². The lowest BCUT2D eigenvalue weighted by atomic mass is 10.0. The van der Waals surface area contributed by atoms with Crippen LogP contribution in [0.15, 0.2) is 0 Å². The molecule has 2 heteroatoms. The Labute approximate surface area is 121 Å². The highest BCUT2D eigenvalue weighted by atomic mass is 16.5. The van der Waals surface area contributed by atoms with Gasteiger partial charge < -0.3 is 10.1 Å². The van der Waals surface area contributed by atoms with E-state index in [2.05, 4.69) is 53.8 Å². The number of rotatable bonds is 10. The zero-order valence-corrected chi connectivity index (χ0v) is 14.4. The molecule has 0 amide bonds. The van der Waals surface area contributed by atoms with Gasteiger partial charge in [-0.05, 0) is 40.0 Å². The van der Waals surface area contributed by atoms with Crippen molar-refractivity contribution in [3.63, 3.8) is 0 Å². The van der Waals surface area contributed by atoms with Crippen LogP contribution in [0.5, 0.6) is 0 Å². The van der Waals surface area contributed by atoms with Crippen molar-refractivity contribution in [1.29, 1.82) is 0 Å². The van der Waals surface area contributed by atoms with Crippen LogP contribution in [-0.4, -0.2) is 24.3 Å². The molecule has 0 saturated carbocycles. The van der Waals surface area contributed by atoms with E-state index in [-0.39, 0.29) is 5.54 Å². The summed E-state index contributed by atoms with van der Waals surface area (Å²) in [5.74, 6) is 0.563. The second-order valence-corrected chi connectivity index (χ2v) is 7.21. The molecule has 0 aromatic carbocycles. The van der Waals surface area contributed by atoms with Crippen molar-refractivity contribution in [2.24, 2.45) is 5.92 Å². The van der Waals surface area contributed by atoms with Gasteiger partial charge in [0.15, 0.2) is 0 Å². The molecule has 0 aliphatic heterocycles. The third-order valence-corrected chi connectivity index (χ3v) is 3.45. The smallest absolute Gasteiger partial charge is 0.0726 e. The van der Waals surface area contributed by atoms with Crippen LogP contribution in [0.4, 0.5) is 0 Å². The Morgan fingerprint density at radius 3 is 2.11 bits per heavy atom. The van der Waals surface area contributed by atoms with Gasteiger partial charge in [0.1, 0.15) is 0 Å². The highest BCUT2D eigenvalue weighted by Crippen LogP contribution is 2.14. The maximum Gasteiger partial charge on any atom is 0.0726 e. The molecular weight excluding hydrogens is 234 g/mol. The van der Waals surface area contributed by atoms with E-state index < -0.39 is 0 Å². The second kappa shape index (κ2) is 9.77. The summed E-state index contributed by atoms with van der Waals surface area (Å²) in [5.41, 5.74) is 0.168. The minimum absolute atomic E-state index is 0.168. The molecule has 0 aliphatic rings. The Morgan fingerprint density at radius 2 is 1.63 bits per heavy atom. The topological polar surface area (TPSA) is 21.3 Å². The average molecular weight is 271 g/mol. The number of unbranched alkanes of at least 4 members (excludes halogenated alkanes) is 3. The van der Waals surface area contributed by atoms with E-state index in [1.54, 1.807) is 0 Å². The quantitative estimate of drug-likeness (QED) is 0.578. The van der Waals surface area contributed by atoms with E-state index >= 15 is 0 Å². The third-order valence-electron chi connectivity index (χ3n) is 3.45. The van der Waals surface area contributed by atoms with Crippen molar-refractivity contribution in [2.75, 3.05) is 6.54 Å². The maximum absolute atomic E-state index is 6.22. The summed E-state index contributed by atoms with van der Waals surface area (Å²) >= 11 is 0. The van der Waals surface area contributed by atoms with Crippen LogP contribution < -0.4 is 5.32 Å². The summed E-state index contributed by atoms with van der Waals surface area (Å²) in [5, 5.41) is 3.56. The minimum Gasteiger partial charge on any atom is -0.374 e. The molecule has 0 heterocycles. The zero-order chi connectivity index (χ0) is 14.9. The Bertz CT molecular complexity index is 208. The van der Waals surface area contributed by atoms with Crippen molar-refractivity contribution in [3.05, 3.63) is 0 Å². The first-order chi connectivity index (χ1) is 8.76. The van der Waals surface area contributed by atoms with Crippen LogP contribution in [0.25, 0.3) is 0 Å². The number of ether oxygens (including phenoxy) is 1. The lowest BCUT2D eigenvalue weighted by Gasteiger charge is -2.30. The lowest BCUT2D eigenvalue weighted by molar-refractivity contribution is -0.0324. The Kier molecular flexibility index (Phi) is 9.72. The van der Waals surface area contributed by atoms with Crippen LogP contribution >= 0.6 is 0 Å². The van der Waals surface area contributed by atoms with E-state index in [0.717, 1.165) is 6.54 Å². The summed E-state index contributed by atoms with van der Waals surface area (Å²) < 4.78 is 6.22. The minimum atomic E-state index is 0.168. The zero-order valence-electron chi connectivity index (χ0n) is 14.4. The molecule has 0 bridgehead atoms. The van der Waals surface area contributed by atoms with Crippen LogP contribution in [0.1, 0.15) is 80.6 Å². The van der Waals surface area contributed by atoms with Gasteiger partial charge in [-0.2, -0.15) is 0 Å². The first-order valence-electron chi connectivity index (χ1n) is 8.16. The largest absolute Gasteiger partial charge is 0.374 e. The van der Waals surface area contributed by atoms with Gasteiger partial charge in [-0.25, -0.2) is 0 Å². The molecular formula is C17H37NO. The SMILES string of the molecule is CCCCCCC(C)OC(CNC(C)(C)C)C(C)C. The molecule has 1 N–H and O–H groups in total. The van der Waals surface area contributed by atoms with E-state index in [1.165, 1.54) is 32.1 Å². The van der Waals surface area contributed by atoms with Crippen molar-refractivity contribution in [1.82, 2.24) is 5.32 Å². The molecule has 0 aliphatic carbocycles. The fourth-order valence-corrected chi connectivity index (χ4v) is 2.07. The summed E-state index contributed by atoms with van der Waals surface area (Å²) in [4.78, 5) is 0. The van der Waals surface area contributed by atoms with Gasteiger partial charge in [-0.3, -0.25) is 0 Å². The van der Waals surface area contributed by atoms with Gasteiger partial charge in [0.05, 0.1) is 12.2 Å². The molecule has 2 unspecified atom stereocenters. The molecule has 0 radical (unpaired) electrons. The molecule has 0 fully saturated rings. The molecule has 0 saturated heterocycles. The molecule has 0 rings (SSSR count). The summed E-state index contributed by atoms with van der Waals surface area (Å²) in [7, 11) is 0. The maximum atomic E-state index is 6.22. The summed E-state index contributed by atoms with van der Waals surface area (Å²) in [6, 6.07) is 0. The molecule has 2 nitrogen and oxygen atoms in total. The van der Waals surface area contributed by atoms with Crippen molar-refractivity contribution in [2.45, 2.75) is 98.3 Å². The predicted octanol–water partition coefficient (Wildman–Crippen LogP) is 4.77. The van der Waals surface area contributed by atoms with Crippen molar-refractivity contribution >= 4 is 0 Å². The van der Waals surface area contributed by atoms with Gasteiger partial charge in [0.2, 0.25) is 0 Å². The molecule has 0 spiro atoms. The van der Waals surface area contributed by atoms with E-state index in [0.29, 0.717) is 18.1 Å². The lowest BCUT2D eigenvalue weighted by Crippen LogP contribution is -2.44. The van der Waals surface area contributed by atoms with Crippen LogP contribution in [0, 0.1) is 5.92 Å². The standard InChI is InChI=1S/C17H37NO/c1-8-9-10-11-12-15(4)19-16(14(2)3)13-18-17(5,6)7/h14-16,18H,8-13H2,1-7H3. The predicted molar refractivity (Wildman–Crippen MR) is 85.7 cm³/mol. The monoisotopic (exact) mass is 271 g/mol. The van der Waals surface area contributed by atoms with Gasteiger partial charge in [0, 0.05) is 12.1 Å². The summed E-state index contributed by atoms with van der Waals surface area (Å²) in [6.07, 6.45) is 7.19. The molecule has 19 heavy (non-hydrogen) atoms. The molecule has 0 aromatic rings. The van der Waals surface area contributed by atoms with Gasteiger partial charge in [-0.15, -0.1) is 0 Å². The van der Waals surface area contributed by atoms with Crippen LogP contribution in [-0.2, 0) is 4.74 Å². The molecule has 116 valence electrons. The van der Waals surface area contributed by atoms with Gasteiger partial charge in [0.25, 0.3) is 0 Å². The molecule has 2 atom stereocenters. The average Bonchev–Trinajstić information content (AvgIpc) is 2.28. The summed E-state index contributed by atoms with van der Waals surface area (Å²) in [6.45, 7) is 16.5. The normalized spacial score (nSPS) is 15.8. The number of hydrogen-bond donors (Lipinski definition) is 1. The highest BCUT2D eigenvalue weighted by Gasteiger charge is 2.19. The van der Waals surface area contributed by atoms with Crippen molar-refractivity contribution in [3.8, 4) is 0 Å². The van der Waals surface area contributed by atoms with E-state index in [9.17, 15) is 0 Å². The first-order valence-corrected chi connectivity index (χ1v) is 8.16. The third kappa shape index (κ3) is 11.4. The fraction of sp³-hybridized carbons (Fsp3) is 1.00. The second-order valence-electron chi connectivity index (χ2n) is 7.21. The highest BCUT2D eigenvalue weighted by molar-refractivity contribution is 4.75. The number of hydrogen-bond acceptors (Lipinski definition) is 2. The Morgan fingerprint density at radius 1 is 1.00 bits per heavy atom.